The van der Waals surface area contributed by atoms with Gasteiger partial charge in [0.25, 0.3) is 0 Å². The Morgan fingerprint density at radius 2 is 1.05 bits per heavy atom. The molecule has 2 saturated carbocycles. The van der Waals surface area contributed by atoms with Gasteiger partial charge in [0.2, 0.25) is 0 Å². The number of rotatable bonds is 2. The van der Waals surface area contributed by atoms with Gasteiger partial charge in [-0.3, -0.25) is 4.21 Å². The molecule has 0 bridgehead atoms. The van der Waals surface area contributed by atoms with Crippen LogP contribution in [0.3, 0.4) is 0 Å². The highest BCUT2D eigenvalue weighted by Gasteiger charge is 2.30. The third-order valence-electron chi connectivity index (χ3n) is 5.43. The highest BCUT2D eigenvalue weighted by atomic mass is 32.2. The van der Waals surface area contributed by atoms with Crippen LogP contribution in [-0.2, 0) is 10.8 Å². The molecule has 2 aliphatic carbocycles. The fraction of sp³-hybridized carbons (Fsp3) is 1.00. The molecular weight excluding hydrogens is 278 g/mol. The van der Waals surface area contributed by atoms with Crippen molar-refractivity contribution < 1.29 is 4.21 Å². The molecule has 2 N–H and O–H groups in total. The molecular formula is C18H35NOS. The van der Waals surface area contributed by atoms with Gasteiger partial charge in [-0.25, -0.2) is 0 Å². The minimum Gasteiger partial charge on any atom is -0.327 e. The van der Waals surface area contributed by atoms with Gasteiger partial charge in [0, 0.05) is 22.1 Å². The summed E-state index contributed by atoms with van der Waals surface area (Å²) < 4.78 is 13.0. The van der Waals surface area contributed by atoms with Crippen LogP contribution in [-0.4, -0.2) is 20.8 Å². The van der Waals surface area contributed by atoms with Gasteiger partial charge < -0.3 is 5.73 Å². The summed E-state index contributed by atoms with van der Waals surface area (Å²) in [7, 11) is -0.690. The van der Waals surface area contributed by atoms with E-state index in [4.69, 9.17) is 5.73 Å². The molecule has 0 aromatic carbocycles. The van der Waals surface area contributed by atoms with Crippen LogP contribution < -0.4 is 5.73 Å². The van der Waals surface area contributed by atoms with Crippen molar-refractivity contribution in [3.8, 4) is 0 Å². The van der Waals surface area contributed by atoms with Crippen LogP contribution >= 0.6 is 0 Å². The molecule has 2 rings (SSSR count). The van der Waals surface area contributed by atoms with E-state index in [1.165, 1.54) is 83.5 Å². The summed E-state index contributed by atoms with van der Waals surface area (Å²) >= 11 is 0. The average Bonchev–Trinajstić information content (AvgIpc) is 2.51. The van der Waals surface area contributed by atoms with E-state index < -0.39 is 10.8 Å². The molecule has 0 aromatic heterocycles. The monoisotopic (exact) mass is 313 g/mol. The maximum atomic E-state index is 13.0. The largest absolute Gasteiger partial charge is 0.327 e. The van der Waals surface area contributed by atoms with Crippen LogP contribution in [0.25, 0.3) is 0 Å². The fourth-order valence-corrected chi connectivity index (χ4v) is 6.19. The van der Waals surface area contributed by atoms with Crippen LogP contribution in [0.4, 0.5) is 0 Å². The molecule has 2 aliphatic rings. The standard InChI is InChI=1S/C18H35NOS/c19-17-14-10-5-3-1-2-4-6-11-15-18(17)21(20)16-12-8-7-9-13-16/h16-18H,1-15,19H2. The second-order valence-electron chi connectivity index (χ2n) is 7.20. The quantitative estimate of drug-likeness (QED) is 0.804. The lowest BCUT2D eigenvalue weighted by molar-refractivity contribution is 0.456. The summed E-state index contributed by atoms with van der Waals surface area (Å²) in [6, 6.07) is 0.173. The van der Waals surface area contributed by atoms with E-state index in [9.17, 15) is 4.21 Å². The first-order chi connectivity index (χ1) is 10.3. The van der Waals surface area contributed by atoms with E-state index in [0.717, 1.165) is 12.8 Å². The summed E-state index contributed by atoms with van der Waals surface area (Å²) in [6.45, 7) is 0. The van der Waals surface area contributed by atoms with Crippen molar-refractivity contribution in [1.29, 1.82) is 0 Å². The predicted molar refractivity (Wildman–Crippen MR) is 92.9 cm³/mol. The Bertz CT molecular complexity index is 302. The predicted octanol–water partition coefficient (Wildman–Crippen LogP) is 4.68. The molecule has 124 valence electrons. The van der Waals surface area contributed by atoms with Crippen molar-refractivity contribution in [2.75, 3.05) is 0 Å². The molecule has 0 amide bonds. The summed E-state index contributed by atoms with van der Waals surface area (Å²) in [5.74, 6) is 0. The highest BCUT2D eigenvalue weighted by molar-refractivity contribution is 7.86. The molecule has 3 heteroatoms. The summed E-state index contributed by atoms with van der Waals surface area (Å²) in [4.78, 5) is 0. The molecule has 0 radical (unpaired) electrons. The first kappa shape index (κ1) is 17.5. The number of hydrogen-bond donors (Lipinski definition) is 1. The molecule has 0 saturated heterocycles. The molecule has 3 atom stereocenters. The van der Waals surface area contributed by atoms with Crippen LogP contribution in [0.5, 0.6) is 0 Å². The Morgan fingerprint density at radius 3 is 1.67 bits per heavy atom. The summed E-state index contributed by atoms with van der Waals surface area (Å²) in [5.41, 5.74) is 6.47. The fourth-order valence-electron chi connectivity index (χ4n) is 4.02. The Labute approximate surface area is 134 Å². The van der Waals surface area contributed by atoms with Gasteiger partial charge in [-0.2, -0.15) is 0 Å². The van der Waals surface area contributed by atoms with Gasteiger partial charge in [-0.1, -0.05) is 70.6 Å². The van der Waals surface area contributed by atoms with Crippen molar-refractivity contribution in [2.45, 2.75) is 113 Å². The normalized spacial score (nSPS) is 32.8. The van der Waals surface area contributed by atoms with Crippen LogP contribution in [0, 0.1) is 0 Å². The Hall–Kier alpha value is 0.110. The molecule has 2 fully saturated rings. The van der Waals surface area contributed by atoms with Crippen molar-refractivity contribution in [3.63, 3.8) is 0 Å². The maximum absolute atomic E-state index is 13.0. The smallest absolute Gasteiger partial charge is 0.0501 e. The Balaban J connectivity index is 1.91. The van der Waals surface area contributed by atoms with Gasteiger partial charge in [0.15, 0.2) is 0 Å². The minimum absolute atomic E-state index is 0.173. The minimum atomic E-state index is -0.690. The number of hydrogen-bond acceptors (Lipinski definition) is 2. The second-order valence-corrected chi connectivity index (χ2v) is 9.13. The Morgan fingerprint density at radius 1 is 0.619 bits per heavy atom. The summed E-state index contributed by atoms with van der Waals surface area (Å²) in [5, 5.41) is 0.718. The van der Waals surface area contributed by atoms with Crippen LogP contribution in [0.2, 0.25) is 0 Å². The topological polar surface area (TPSA) is 43.1 Å². The van der Waals surface area contributed by atoms with Crippen molar-refractivity contribution in [3.05, 3.63) is 0 Å². The molecule has 2 nitrogen and oxygen atoms in total. The highest BCUT2D eigenvalue weighted by Crippen LogP contribution is 2.28. The maximum Gasteiger partial charge on any atom is 0.0501 e. The van der Waals surface area contributed by atoms with Crippen LogP contribution in [0.1, 0.15) is 96.3 Å². The number of nitrogens with two attached hydrogens (primary N) is 1. The van der Waals surface area contributed by atoms with E-state index in [2.05, 4.69) is 0 Å². The van der Waals surface area contributed by atoms with E-state index in [1.807, 2.05) is 0 Å². The molecule has 3 unspecified atom stereocenters. The lowest BCUT2D eigenvalue weighted by Gasteiger charge is -2.30. The molecule has 0 aliphatic heterocycles. The lowest BCUT2D eigenvalue weighted by Crippen LogP contribution is -2.41. The third kappa shape index (κ3) is 6.02. The average molecular weight is 314 g/mol. The van der Waals surface area contributed by atoms with E-state index >= 15 is 0 Å². The molecule has 0 aromatic rings. The first-order valence-electron chi connectivity index (χ1n) is 9.44. The second kappa shape index (κ2) is 9.99. The van der Waals surface area contributed by atoms with Gasteiger partial charge in [-0.05, 0) is 25.7 Å². The first-order valence-corrected chi connectivity index (χ1v) is 10.7. The van der Waals surface area contributed by atoms with Gasteiger partial charge in [-0.15, -0.1) is 0 Å². The zero-order valence-electron chi connectivity index (χ0n) is 13.7. The molecule has 0 spiro atoms. The lowest BCUT2D eigenvalue weighted by atomic mass is 9.98. The van der Waals surface area contributed by atoms with Crippen LogP contribution in [0.15, 0.2) is 0 Å². The molecule has 0 heterocycles. The zero-order valence-corrected chi connectivity index (χ0v) is 14.5. The van der Waals surface area contributed by atoms with Gasteiger partial charge >= 0.3 is 0 Å². The summed E-state index contributed by atoms with van der Waals surface area (Å²) in [6.07, 6.45) is 19.0. The zero-order chi connectivity index (χ0) is 14.9. The third-order valence-corrected chi connectivity index (χ3v) is 7.74. The van der Waals surface area contributed by atoms with Crippen molar-refractivity contribution in [1.82, 2.24) is 0 Å². The van der Waals surface area contributed by atoms with Crippen molar-refractivity contribution >= 4 is 10.8 Å². The van der Waals surface area contributed by atoms with Gasteiger partial charge in [0.05, 0.1) is 5.25 Å². The SMILES string of the molecule is NC1CCCCCCCCCCC1S(=O)C1CCCCC1. The van der Waals surface area contributed by atoms with E-state index in [-0.39, 0.29) is 11.3 Å². The molecule has 21 heavy (non-hydrogen) atoms. The van der Waals surface area contributed by atoms with E-state index in [1.54, 1.807) is 0 Å². The van der Waals surface area contributed by atoms with Crippen molar-refractivity contribution in [2.24, 2.45) is 5.73 Å². The van der Waals surface area contributed by atoms with E-state index in [0.29, 0.717) is 5.25 Å². The van der Waals surface area contributed by atoms with Gasteiger partial charge in [0.1, 0.15) is 0 Å². The Kier molecular flexibility index (Phi) is 8.31.